The average molecular weight is 288 g/mol. The molecule has 0 atom stereocenters. The lowest BCUT2D eigenvalue weighted by molar-refractivity contribution is 0.0595. The Kier molecular flexibility index (Phi) is 3.89. The Balaban J connectivity index is 2.72. The highest BCUT2D eigenvalue weighted by Crippen LogP contribution is 2.25. The van der Waals surface area contributed by atoms with Crippen molar-refractivity contribution in [1.29, 1.82) is 5.26 Å². The molecule has 1 aromatic heterocycles. The van der Waals surface area contributed by atoms with E-state index in [1.54, 1.807) is 0 Å². The van der Waals surface area contributed by atoms with Gasteiger partial charge in [0.1, 0.15) is 23.5 Å². The molecule has 0 radical (unpaired) electrons. The Labute approximate surface area is 120 Å². The van der Waals surface area contributed by atoms with Gasteiger partial charge in [-0.2, -0.15) is 5.26 Å². The fourth-order valence-electron chi connectivity index (χ4n) is 2.03. The van der Waals surface area contributed by atoms with Gasteiger partial charge < -0.3 is 10.5 Å². The Bertz CT molecular complexity index is 746. The molecule has 7 heteroatoms. The zero-order valence-electron chi connectivity index (χ0n) is 11.6. The number of methoxy groups -OCH3 is 1. The van der Waals surface area contributed by atoms with Crippen LogP contribution in [0.2, 0.25) is 0 Å². The number of anilines is 1. The van der Waals surface area contributed by atoms with Gasteiger partial charge in [-0.05, 0) is 18.2 Å². The second kappa shape index (κ2) is 5.63. The second-order valence-electron chi connectivity index (χ2n) is 4.22. The summed E-state index contributed by atoms with van der Waals surface area (Å²) in [6.45, 7) is 1.83. The molecule has 1 aromatic carbocycles. The molecule has 0 aliphatic rings. The van der Waals surface area contributed by atoms with Crippen molar-refractivity contribution < 1.29 is 13.9 Å². The molecule has 2 N–H and O–H groups in total. The zero-order chi connectivity index (χ0) is 15.6. The maximum atomic E-state index is 13.2. The van der Waals surface area contributed by atoms with Gasteiger partial charge in [0, 0.05) is 6.42 Å². The summed E-state index contributed by atoms with van der Waals surface area (Å²) in [7, 11) is 1.23. The molecule has 0 amide bonds. The van der Waals surface area contributed by atoms with E-state index in [9.17, 15) is 9.18 Å². The number of hydrogen-bond donors (Lipinski definition) is 1. The number of imidazole rings is 1. The van der Waals surface area contributed by atoms with Crippen LogP contribution in [-0.4, -0.2) is 22.6 Å². The molecule has 0 aliphatic carbocycles. The molecule has 0 aliphatic heterocycles. The van der Waals surface area contributed by atoms with Crippen LogP contribution >= 0.6 is 0 Å². The number of aromatic nitrogens is 2. The lowest BCUT2D eigenvalue weighted by atomic mass is 10.2. The van der Waals surface area contributed by atoms with Gasteiger partial charge in [-0.3, -0.25) is 4.57 Å². The van der Waals surface area contributed by atoms with Crippen molar-refractivity contribution in [3.63, 3.8) is 0 Å². The number of hydrogen-bond acceptors (Lipinski definition) is 5. The molecule has 2 aromatic rings. The van der Waals surface area contributed by atoms with Crippen LogP contribution in [0.3, 0.4) is 0 Å². The summed E-state index contributed by atoms with van der Waals surface area (Å²) in [5.74, 6) is -0.653. The molecule has 0 unspecified atom stereocenters. The minimum atomic E-state index is -0.665. The zero-order valence-corrected chi connectivity index (χ0v) is 11.6. The highest BCUT2D eigenvalue weighted by molar-refractivity contribution is 5.92. The number of ether oxygens (including phenoxy) is 1. The van der Waals surface area contributed by atoms with Crippen molar-refractivity contribution in [2.75, 3.05) is 12.8 Å². The van der Waals surface area contributed by atoms with E-state index >= 15 is 0 Å². The number of esters is 1. The van der Waals surface area contributed by atoms with Crippen molar-refractivity contribution in [2.45, 2.75) is 13.3 Å². The number of benzene rings is 1. The number of nitriles is 1. The third-order valence-electron chi connectivity index (χ3n) is 3.00. The summed E-state index contributed by atoms with van der Waals surface area (Å²) < 4.78 is 19.3. The maximum absolute atomic E-state index is 13.2. The fraction of sp³-hybridized carbons (Fsp3) is 0.214. The van der Waals surface area contributed by atoms with Crippen LogP contribution < -0.4 is 5.73 Å². The SMILES string of the molecule is CCc1nc(C(=O)OC)c(N)n1-c1ccc(F)cc1C#N. The van der Waals surface area contributed by atoms with Crippen molar-refractivity contribution in [3.05, 3.63) is 41.1 Å². The molecule has 0 fully saturated rings. The van der Waals surface area contributed by atoms with E-state index in [1.807, 2.05) is 13.0 Å². The Morgan fingerprint density at radius 3 is 2.86 bits per heavy atom. The van der Waals surface area contributed by atoms with Crippen molar-refractivity contribution in [2.24, 2.45) is 0 Å². The normalized spacial score (nSPS) is 10.2. The minimum absolute atomic E-state index is 0.0254. The van der Waals surface area contributed by atoms with E-state index in [4.69, 9.17) is 11.0 Å². The minimum Gasteiger partial charge on any atom is -0.464 e. The number of carbonyl (C=O) groups excluding carboxylic acids is 1. The molecular weight excluding hydrogens is 275 g/mol. The first-order valence-corrected chi connectivity index (χ1v) is 6.18. The number of nitrogens with two attached hydrogens (primary N) is 1. The number of nitrogen functional groups attached to an aromatic ring is 1. The molecule has 1 heterocycles. The van der Waals surface area contributed by atoms with Crippen molar-refractivity contribution >= 4 is 11.8 Å². The van der Waals surface area contributed by atoms with Crippen LogP contribution in [-0.2, 0) is 11.2 Å². The average Bonchev–Trinajstić information content (AvgIpc) is 2.83. The highest BCUT2D eigenvalue weighted by atomic mass is 19.1. The number of rotatable bonds is 3. The van der Waals surface area contributed by atoms with Gasteiger partial charge in [-0.25, -0.2) is 14.2 Å². The summed E-state index contributed by atoms with van der Waals surface area (Å²) in [5.41, 5.74) is 6.39. The first-order valence-electron chi connectivity index (χ1n) is 6.18. The first-order chi connectivity index (χ1) is 10.0. The predicted molar refractivity (Wildman–Crippen MR) is 73.4 cm³/mol. The van der Waals surface area contributed by atoms with Gasteiger partial charge >= 0.3 is 5.97 Å². The molecule has 0 saturated heterocycles. The molecule has 21 heavy (non-hydrogen) atoms. The lowest BCUT2D eigenvalue weighted by Gasteiger charge is -2.10. The van der Waals surface area contributed by atoms with Crippen LogP contribution in [0.5, 0.6) is 0 Å². The molecule has 2 rings (SSSR count). The molecule has 108 valence electrons. The highest BCUT2D eigenvalue weighted by Gasteiger charge is 2.22. The number of nitrogens with zero attached hydrogens (tertiary/aromatic N) is 3. The van der Waals surface area contributed by atoms with E-state index < -0.39 is 11.8 Å². The van der Waals surface area contributed by atoms with Gasteiger partial charge in [0.2, 0.25) is 0 Å². The standard InChI is InChI=1S/C14H13FN4O2/c1-3-11-18-12(14(20)21-2)13(17)19(11)10-5-4-9(15)6-8(10)7-16/h4-6H,3,17H2,1-2H3. The number of halogens is 1. The topological polar surface area (TPSA) is 93.9 Å². The van der Waals surface area contributed by atoms with Gasteiger partial charge in [0.25, 0.3) is 0 Å². The molecular formula is C14H13FN4O2. The number of aryl methyl sites for hydroxylation is 1. The largest absolute Gasteiger partial charge is 0.464 e. The third-order valence-corrected chi connectivity index (χ3v) is 3.00. The van der Waals surface area contributed by atoms with E-state index in [0.29, 0.717) is 17.9 Å². The summed E-state index contributed by atoms with van der Waals surface area (Å²) in [6.07, 6.45) is 0.476. The Morgan fingerprint density at radius 1 is 1.57 bits per heavy atom. The summed E-state index contributed by atoms with van der Waals surface area (Å²) in [5, 5.41) is 9.14. The fourth-order valence-corrected chi connectivity index (χ4v) is 2.03. The number of carbonyl (C=O) groups is 1. The molecule has 6 nitrogen and oxygen atoms in total. The monoisotopic (exact) mass is 288 g/mol. The summed E-state index contributed by atoms with van der Waals surface area (Å²) >= 11 is 0. The van der Waals surface area contributed by atoms with Crippen molar-refractivity contribution in [3.8, 4) is 11.8 Å². The van der Waals surface area contributed by atoms with Crippen molar-refractivity contribution in [1.82, 2.24) is 9.55 Å². The van der Waals surface area contributed by atoms with Crippen LogP contribution in [0.4, 0.5) is 10.2 Å². The van der Waals surface area contributed by atoms with E-state index in [-0.39, 0.29) is 17.1 Å². The quantitative estimate of drug-likeness (QED) is 0.869. The van der Waals surface area contributed by atoms with Gasteiger partial charge in [0.05, 0.1) is 18.4 Å². The lowest BCUT2D eigenvalue weighted by Crippen LogP contribution is -2.09. The van der Waals surface area contributed by atoms with Crippen LogP contribution in [0.15, 0.2) is 18.2 Å². The van der Waals surface area contributed by atoms with Crippen LogP contribution in [0.25, 0.3) is 5.69 Å². The van der Waals surface area contributed by atoms with Crippen LogP contribution in [0.1, 0.15) is 28.8 Å². The Morgan fingerprint density at radius 2 is 2.29 bits per heavy atom. The summed E-state index contributed by atoms with van der Waals surface area (Å²) in [4.78, 5) is 15.8. The van der Waals surface area contributed by atoms with Gasteiger partial charge in [0.15, 0.2) is 5.69 Å². The molecule has 0 spiro atoms. The van der Waals surface area contributed by atoms with Gasteiger partial charge in [-0.1, -0.05) is 6.92 Å². The summed E-state index contributed by atoms with van der Waals surface area (Å²) in [6, 6.07) is 5.65. The van der Waals surface area contributed by atoms with E-state index in [1.165, 1.54) is 23.8 Å². The smallest absolute Gasteiger partial charge is 0.360 e. The third kappa shape index (κ3) is 2.43. The van der Waals surface area contributed by atoms with E-state index in [2.05, 4.69) is 9.72 Å². The Hall–Kier alpha value is -2.88. The molecule has 0 saturated carbocycles. The van der Waals surface area contributed by atoms with Crippen LogP contribution in [0, 0.1) is 17.1 Å². The van der Waals surface area contributed by atoms with E-state index in [0.717, 1.165) is 6.07 Å². The second-order valence-corrected chi connectivity index (χ2v) is 4.22. The predicted octanol–water partition coefficient (Wildman–Crippen LogP) is 1.81. The molecule has 0 bridgehead atoms. The maximum Gasteiger partial charge on any atom is 0.360 e. The van der Waals surface area contributed by atoms with Gasteiger partial charge in [-0.15, -0.1) is 0 Å². The first kappa shape index (κ1) is 14.5.